The number of para-hydroxylation sites is 2. The van der Waals surface area contributed by atoms with Crippen molar-refractivity contribution in [1.82, 2.24) is 19.9 Å². The second-order valence-corrected chi connectivity index (χ2v) is 6.50. The number of hydrogen-bond acceptors (Lipinski definition) is 8. The van der Waals surface area contributed by atoms with E-state index in [1.165, 1.54) is 11.8 Å². The molecule has 1 N–H and O–H groups in total. The van der Waals surface area contributed by atoms with Crippen LogP contribution in [0.25, 0.3) is 0 Å². The van der Waals surface area contributed by atoms with Crippen LogP contribution in [0.3, 0.4) is 0 Å². The van der Waals surface area contributed by atoms with Gasteiger partial charge in [0.15, 0.2) is 28.3 Å². The Morgan fingerprint density at radius 1 is 1.30 bits per heavy atom. The lowest BCUT2D eigenvalue weighted by Crippen LogP contribution is -2.14. The van der Waals surface area contributed by atoms with Crippen molar-refractivity contribution >= 4 is 23.5 Å². The minimum absolute atomic E-state index is 0.172. The Kier molecular flexibility index (Phi) is 5.97. The van der Waals surface area contributed by atoms with Crippen molar-refractivity contribution in [2.45, 2.75) is 18.7 Å². The molecule has 0 aliphatic rings. The van der Waals surface area contributed by atoms with Crippen molar-refractivity contribution in [3.05, 3.63) is 41.9 Å². The Morgan fingerprint density at radius 3 is 2.78 bits per heavy atom. The van der Waals surface area contributed by atoms with E-state index < -0.39 is 0 Å². The van der Waals surface area contributed by atoms with Crippen LogP contribution in [0.2, 0.25) is 0 Å². The van der Waals surface area contributed by atoms with Gasteiger partial charge in [-0.15, -0.1) is 10.2 Å². The quantitative estimate of drug-likeness (QED) is 0.586. The van der Waals surface area contributed by atoms with E-state index in [1.807, 2.05) is 31.3 Å². The van der Waals surface area contributed by atoms with E-state index >= 15 is 0 Å². The predicted octanol–water partition coefficient (Wildman–Crippen LogP) is 2.43. The fourth-order valence-corrected chi connectivity index (χ4v) is 2.94. The molecule has 10 heteroatoms. The highest BCUT2D eigenvalue weighted by atomic mass is 32.2. The molecule has 2 heterocycles. The summed E-state index contributed by atoms with van der Waals surface area (Å²) in [7, 11) is 3.41. The van der Waals surface area contributed by atoms with Crippen molar-refractivity contribution in [2.75, 3.05) is 18.2 Å². The first kappa shape index (κ1) is 18.8. The topological polar surface area (TPSA) is 104 Å². The largest absolute Gasteiger partial charge is 0.493 e. The van der Waals surface area contributed by atoms with E-state index in [1.54, 1.807) is 24.7 Å². The van der Waals surface area contributed by atoms with Gasteiger partial charge in [-0.25, -0.2) is 0 Å². The third kappa shape index (κ3) is 4.79. The lowest BCUT2D eigenvalue weighted by Gasteiger charge is -2.10. The lowest BCUT2D eigenvalue weighted by molar-refractivity contribution is -0.113. The van der Waals surface area contributed by atoms with Crippen molar-refractivity contribution < 1.29 is 18.8 Å². The number of carbonyl (C=O) groups is 1. The monoisotopic (exact) mass is 389 g/mol. The zero-order valence-electron chi connectivity index (χ0n) is 15.1. The Bertz CT molecular complexity index is 924. The zero-order valence-corrected chi connectivity index (χ0v) is 15.9. The second kappa shape index (κ2) is 8.58. The summed E-state index contributed by atoms with van der Waals surface area (Å²) in [5.41, 5.74) is 0. The maximum atomic E-state index is 12.0. The molecule has 0 spiro atoms. The summed E-state index contributed by atoms with van der Waals surface area (Å²) in [6, 6.07) is 9.03. The van der Waals surface area contributed by atoms with E-state index in [2.05, 4.69) is 20.7 Å². The van der Waals surface area contributed by atoms with Crippen molar-refractivity contribution in [1.29, 1.82) is 0 Å². The molecule has 3 rings (SSSR count). The number of amides is 1. The standard InChI is InChI=1S/C17H19N5O4S/c1-11-8-14(21-26-11)18-16(23)10-27-17-20-19-15(22(17)2)9-25-13-7-5-4-6-12(13)24-3/h4-8H,9-10H2,1-3H3,(H,18,21,23). The van der Waals surface area contributed by atoms with Crippen LogP contribution in [0.1, 0.15) is 11.6 Å². The maximum Gasteiger partial charge on any atom is 0.236 e. The Hall–Kier alpha value is -3.01. The van der Waals surface area contributed by atoms with E-state index in [0.29, 0.717) is 34.1 Å². The molecular weight excluding hydrogens is 370 g/mol. The van der Waals surface area contributed by atoms with Crippen LogP contribution in [-0.4, -0.2) is 38.7 Å². The van der Waals surface area contributed by atoms with Gasteiger partial charge in [0.1, 0.15) is 12.4 Å². The van der Waals surface area contributed by atoms with E-state index in [0.717, 1.165) is 0 Å². The summed E-state index contributed by atoms with van der Waals surface area (Å²) in [5, 5.41) is 15.2. The fraction of sp³-hybridized carbons (Fsp3) is 0.294. The number of anilines is 1. The van der Waals surface area contributed by atoms with Crippen LogP contribution in [0.5, 0.6) is 11.5 Å². The van der Waals surface area contributed by atoms with Gasteiger partial charge in [-0.1, -0.05) is 29.1 Å². The van der Waals surface area contributed by atoms with Gasteiger partial charge in [0.2, 0.25) is 5.91 Å². The highest BCUT2D eigenvalue weighted by Crippen LogP contribution is 2.26. The molecule has 0 atom stereocenters. The minimum Gasteiger partial charge on any atom is -0.493 e. The number of rotatable bonds is 8. The molecule has 9 nitrogen and oxygen atoms in total. The van der Waals surface area contributed by atoms with Crippen LogP contribution in [-0.2, 0) is 18.4 Å². The number of ether oxygens (including phenoxy) is 2. The first-order chi connectivity index (χ1) is 13.1. The molecule has 0 radical (unpaired) electrons. The molecule has 0 bridgehead atoms. The number of hydrogen-bond donors (Lipinski definition) is 1. The first-order valence-corrected chi connectivity index (χ1v) is 9.05. The number of nitrogens with zero attached hydrogens (tertiary/aromatic N) is 4. The predicted molar refractivity (Wildman–Crippen MR) is 98.9 cm³/mol. The normalized spacial score (nSPS) is 10.6. The molecule has 1 aromatic carbocycles. The molecule has 27 heavy (non-hydrogen) atoms. The molecule has 0 unspecified atom stereocenters. The van der Waals surface area contributed by atoms with E-state index in [4.69, 9.17) is 14.0 Å². The fourth-order valence-electron chi connectivity index (χ4n) is 2.21. The Labute approximate surface area is 160 Å². The highest BCUT2D eigenvalue weighted by molar-refractivity contribution is 7.99. The summed E-state index contributed by atoms with van der Waals surface area (Å²) >= 11 is 1.27. The summed E-state index contributed by atoms with van der Waals surface area (Å²) in [4.78, 5) is 12.0. The molecular formula is C17H19N5O4S. The van der Waals surface area contributed by atoms with E-state index in [-0.39, 0.29) is 18.3 Å². The second-order valence-electron chi connectivity index (χ2n) is 5.56. The first-order valence-electron chi connectivity index (χ1n) is 8.07. The average molecular weight is 389 g/mol. The minimum atomic E-state index is -0.205. The maximum absolute atomic E-state index is 12.0. The Balaban J connectivity index is 1.54. The highest BCUT2D eigenvalue weighted by Gasteiger charge is 2.14. The van der Waals surface area contributed by atoms with Gasteiger partial charge in [0, 0.05) is 13.1 Å². The third-order valence-corrected chi connectivity index (χ3v) is 4.60. The molecule has 0 aliphatic heterocycles. The smallest absolute Gasteiger partial charge is 0.236 e. The van der Waals surface area contributed by atoms with Gasteiger partial charge in [-0.3, -0.25) is 4.79 Å². The van der Waals surface area contributed by atoms with Crippen LogP contribution in [0, 0.1) is 6.92 Å². The number of aromatic nitrogens is 4. The molecule has 0 fully saturated rings. The van der Waals surface area contributed by atoms with Gasteiger partial charge in [-0.2, -0.15) is 0 Å². The third-order valence-electron chi connectivity index (χ3n) is 3.58. The Morgan fingerprint density at radius 2 is 2.07 bits per heavy atom. The van der Waals surface area contributed by atoms with Gasteiger partial charge >= 0.3 is 0 Å². The number of thioether (sulfide) groups is 1. The summed E-state index contributed by atoms with van der Waals surface area (Å²) < 4.78 is 17.7. The molecule has 142 valence electrons. The van der Waals surface area contributed by atoms with Crippen LogP contribution < -0.4 is 14.8 Å². The number of benzene rings is 1. The van der Waals surface area contributed by atoms with E-state index in [9.17, 15) is 4.79 Å². The SMILES string of the molecule is COc1ccccc1OCc1nnc(SCC(=O)Nc2cc(C)on2)n1C. The van der Waals surface area contributed by atoms with Crippen molar-refractivity contribution in [3.63, 3.8) is 0 Å². The number of carbonyl (C=O) groups excluding carboxylic acids is 1. The molecule has 1 amide bonds. The van der Waals surface area contributed by atoms with Gasteiger partial charge in [-0.05, 0) is 19.1 Å². The van der Waals surface area contributed by atoms with Gasteiger partial charge in [0.25, 0.3) is 0 Å². The molecule has 0 aliphatic carbocycles. The average Bonchev–Trinajstić information content (AvgIpc) is 3.23. The lowest BCUT2D eigenvalue weighted by atomic mass is 10.3. The summed E-state index contributed by atoms with van der Waals surface area (Å²) in [5.74, 6) is 2.89. The number of nitrogens with one attached hydrogen (secondary N) is 1. The molecule has 0 saturated heterocycles. The molecule has 2 aromatic heterocycles. The van der Waals surface area contributed by atoms with Gasteiger partial charge in [0.05, 0.1) is 12.9 Å². The summed E-state index contributed by atoms with van der Waals surface area (Å²) in [6.07, 6.45) is 0. The van der Waals surface area contributed by atoms with Crippen LogP contribution >= 0.6 is 11.8 Å². The van der Waals surface area contributed by atoms with Gasteiger partial charge < -0.3 is 23.9 Å². The summed E-state index contributed by atoms with van der Waals surface area (Å²) in [6.45, 7) is 1.99. The van der Waals surface area contributed by atoms with Crippen LogP contribution in [0.15, 0.2) is 40.0 Å². The van der Waals surface area contributed by atoms with Crippen molar-refractivity contribution in [3.8, 4) is 11.5 Å². The zero-order chi connectivity index (χ0) is 19.2. The van der Waals surface area contributed by atoms with Crippen molar-refractivity contribution in [2.24, 2.45) is 7.05 Å². The molecule has 0 saturated carbocycles. The van der Waals surface area contributed by atoms with Crippen LogP contribution in [0.4, 0.5) is 5.82 Å². The number of aryl methyl sites for hydroxylation is 1. The number of methoxy groups -OCH3 is 1. The molecule has 3 aromatic rings.